The fraction of sp³-hybridized carbons (Fsp3) is 0.240. The fourth-order valence-electron chi connectivity index (χ4n) is 3.30. The van der Waals surface area contributed by atoms with E-state index in [1.54, 1.807) is 50.6 Å². The molecule has 0 saturated heterocycles. The van der Waals surface area contributed by atoms with Crippen molar-refractivity contribution in [3.63, 3.8) is 0 Å². The van der Waals surface area contributed by atoms with Gasteiger partial charge in [-0.25, -0.2) is 8.42 Å². The molecule has 0 unspecified atom stereocenters. The Morgan fingerprint density at radius 3 is 2.15 bits per heavy atom. The minimum atomic E-state index is -4.05. The van der Waals surface area contributed by atoms with Gasteiger partial charge in [0.05, 0.1) is 29.8 Å². The Balaban J connectivity index is 1.92. The van der Waals surface area contributed by atoms with Crippen molar-refractivity contribution in [1.29, 1.82) is 0 Å². The number of hydrogen-bond acceptors (Lipinski definition) is 5. The van der Waals surface area contributed by atoms with Crippen LogP contribution in [-0.4, -0.2) is 47.0 Å². The highest BCUT2D eigenvalue weighted by Crippen LogP contribution is 2.32. The number of aryl methyl sites for hydroxylation is 1. The van der Waals surface area contributed by atoms with E-state index in [1.807, 2.05) is 19.1 Å². The fourth-order valence-corrected chi connectivity index (χ4v) is 4.96. The molecule has 0 bridgehead atoms. The number of nitrogens with zero attached hydrogens (tertiary/aromatic N) is 2. The summed E-state index contributed by atoms with van der Waals surface area (Å²) in [4.78, 5) is 14.7. The van der Waals surface area contributed by atoms with Crippen molar-refractivity contribution in [3.05, 3.63) is 82.9 Å². The van der Waals surface area contributed by atoms with Gasteiger partial charge in [0.2, 0.25) is 5.91 Å². The standard InChI is InChI=1S/C25H27ClN2O5S/c1-18-5-12-22(13-6-18)34(30,31)28(20-9-14-24(33-4)23(26)15-20)17-25(29)27(2)16-19-7-10-21(32-3)11-8-19/h5-15H,16-17H2,1-4H3. The van der Waals surface area contributed by atoms with Gasteiger partial charge in [0, 0.05) is 13.6 Å². The summed E-state index contributed by atoms with van der Waals surface area (Å²) in [7, 11) is 0.635. The molecule has 0 fully saturated rings. The summed E-state index contributed by atoms with van der Waals surface area (Å²) >= 11 is 6.27. The van der Waals surface area contributed by atoms with E-state index in [1.165, 1.54) is 30.2 Å². The Labute approximate surface area is 205 Å². The van der Waals surface area contributed by atoms with Gasteiger partial charge in [-0.1, -0.05) is 41.4 Å². The van der Waals surface area contributed by atoms with Gasteiger partial charge in [0.15, 0.2) is 0 Å². The summed E-state index contributed by atoms with van der Waals surface area (Å²) in [5.41, 5.74) is 2.07. The molecule has 0 heterocycles. The van der Waals surface area contributed by atoms with Crippen LogP contribution in [0.15, 0.2) is 71.6 Å². The van der Waals surface area contributed by atoms with Crippen LogP contribution in [0.2, 0.25) is 5.02 Å². The van der Waals surface area contributed by atoms with Gasteiger partial charge in [0.25, 0.3) is 10.0 Å². The molecule has 9 heteroatoms. The number of rotatable bonds is 9. The van der Waals surface area contributed by atoms with E-state index in [0.717, 1.165) is 15.4 Å². The lowest BCUT2D eigenvalue weighted by molar-refractivity contribution is -0.128. The molecule has 34 heavy (non-hydrogen) atoms. The number of halogens is 1. The first kappa shape index (κ1) is 25.4. The molecule has 3 aromatic rings. The lowest BCUT2D eigenvalue weighted by Gasteiger charge is -2.27. The molecule has 1 amide bonds. The lowest BCUT2D eigenvalue weighted by Crippen LogP contribution is -2.41. The van der Waals surface area contributed by atoms with Gasteiger partial charge in [-0.05, 0) is 55.0 Å². The lowest BCUT2D eigenvalue weighted by atomic mass is 10.2. The van der Waals surface area contributed by atoms with E-state index >= 15 is 0 Å². The smallest absolute Gasteiger partial charge is 0.264 e. The average molecular weight is 503 g/mol. The maximum atomic E-state index is 13.6. The number of carbonyl (C=O) groups is 1. The van der Waals surface area contributed by atoms with E-state index in [9.17, 15) is 13.2 Å². The van der Waals surface area contributed by atoms with Crippen LogP contribution >= 0.6 is 11.6 Å². The van der Waals surface area contributed by atoms with E-state index in [4.69, 9.17) is 21.1 Å². The average Bonchev–Trinajstić information content (AvgIpc) is 2.83. The summed E-state index contributed by atoms with van der Waals surface area (Å²) < 4.78 is 38.5. The predicted octanol–water partition coefficient (Wildman–Crippen LogP) is 4.52. The number of methoxy groups -OCH3 is 2. The minimum absolute atomic E-state index is 0.0793. The van der Waals surface area contributed by atoms with E-state index in [0.29, 0.717) is 18.0 Å². The normalized spacial score (nSPS) is 11.1. The Morgan fingerprint density at radius 1 is 0.941 bits per heavy atom. The van der Waals surface area contributed by atoms with E-state index in [-0.39, 0.29) is 21.5 Å². The van der Waals surface area contributed by atoms with Crippen LogP contribution in [0.3, 0.4) is 0 Å². The Bertz CT molecular complexity index is 1250. The highest BCUT2D eigenvalue weighted by Gasteiger charge is 2.29. The zero-order chi connectivity index (χ0) is 24.9. The summed E-state index contributed by atoms with van der Waals surface area (Å²) in [6.45, 7) is 1.78. The third-order valence-electron chi connectivity index (χ3n) is 5.32. The number of hydrogen-bond donors (Lipinski definition) is 0. The van der Waals surface area contributed by atoms with Crippen LogP contribution in [0.1, 0.15) is 11.1 Å². The number of anilines is 1. The number of ether oxygens (including phenoxy) is 2. The second-order valence-corrected chi connectivity index (χ2v) is 10.0. The number of carbonyl (C=O) groups excluding carboxylic acids is 1. The van der Waals surface area contributed by atoms with E-state index < -0.39 is 16.6 Å². The Morgan fingerprint density at radius 2 is 1.59 bits per heavy atom. The molecule has 0 spiro atoms. The highest BCUT2D eigenvalue weighted by molar-refractivity contribution is 7.92. The number of likely N-dealkylation sites (N-methyl/N-ethyl adjacent to an activating group) is 1. The van der Waals surface area contributed by atoms with Crippen LogP contribution in [0.25, 0.3) is 0 Å². The maximum absolute atomic E-state index is 13.6. The number of sulfonamides is 1. The second kappa shape index (κ2) is 10.8. The minimum Gasteiger partial charge on any atom is -0.497 e. The van der Waals surface area contributed by atoms with Crippen LogP contribution < -0.4 is 13.8 Å². The van der Waals surface area contributed by atoms with Crippen LogP contribution in [0, 0.1) is 6.92 Å². The molecule has 0 N–H and O–H groups in total. The van der Waals surface area contributed by atoms with Gasteiger partial charge in [0.1, 0.15) is 18.0 Å². The maximum Gasteiger partial charge on any atom is 0.264 e. The van der Waals surface area contributed by atoms with E-state index in [2.05, 4.69) is 0 Å². The molecule has 0 saturated carbocycles. The third kappa shape index (κ3) is 5.81. The van der Waals surface area contributed by atoms with Gasteiger partial charge < -0.3 is 14.4 Å². The molecule has 0 aliphatic heterocycles. The second-order valence-electron chi connectivity index (χ2n) is 7.74. The first-order valence-corrected chi connectivity index (χ1v) is 12.3. The van der Waals surface area contributed by atoms with Crippen LogP contribution in [0.4, 0.5) is 5.69 Å². The van der Waals surface area contributed by atoms with Gasteiger partial charge in [-0.15, -0.1) is 0 Å². The quantitative estimate of drug-likeness (QED) is 0.430. The van der Waals surface area contributed by atoms with Gasteiger partial charge >= 0.3 is 0 Å². The first-order valence-electron chi connectivity index (χ1n) is 10.5. The summed E-state index contributed by atoms with van der Waals surface area (Å²) in [6.07, 6.45) is 0. The monoisotopic (exact) mass is 502 g/mol. The first-order chi connectivity index (χ1) is 16.1. The van der Waals surface area contributed by atoms with Crippen molar-refractivity contribution >= 4 is 33.2 Å². The summed E-state index contributed by atoms with van der Waals surface area (Å²) in [5, 5.41) is 0.239. The molecule has 0 atom stereocenters. The Kier molecular flexibility index (Phi) is 8.06. The van der Waals surface area contributed by atoms with Crippen molar-refractivity contribution in [1.82, 2.24) is 4.90 Å². The molecule has 3 rings (SSSR count). The molecule has 0 radical (unpaired) electrons. The number of amides is 1. The SMILES string of the molecule is COc1ccc(CN(C)C(=O)CN(c2ccc(OC)c(Cl)c2)S(=O)(=O)c2ccc(C)cc2)cc1. The van der Waals surface area contributed by atoms with Crippen molar-refractivity contribution in [2.45, 2.75) is 18.4 Å². The molecular weight excluding hydrogens is 476 g/mol. The van der Waals surface area contributed by atoms with Crippen molar-refractivity contribution in [2.24, 2.45) is 0 Å². The van der Waals surface area contributed by atoms with Crippen molar-refractivity contribution in [3.8, 4) is 11.5 Å². The van der Waals surface area contributed by atoms with Gasteiger partial charge in [-0.2, -0.15) is 0 Å². The zero-order valence-corrected chi connectivity index (χ0v) is 21.1. The molecule has 7 nitrogen and oxygen atoms in total. The van der Waals surface area contributed by atoms with Crippen molar-refractivity contribution < 1.29 is 22.7 Å². The number of benzene rings is 3. The molecule has 0 aliphatic rings. The summed E-state index contributed by atoms with van der Waals surface area (Å²) in [6, 6.07) is 18.4. The van der Waals surface area contributed by atoms with Crippen molar-refractivity contribution in [2.75, 3.05) is 32.1 Å². The zero-order valence-electron chi connectivity index (χ0n) is 19.5. The predicted molar refractivity (Wildman–Crippen MR) is 133 cm³/mol. The Hall–Kier alpha value is -3.23. The largest absolute Gasteiger partial charge is 0.497 e. The molecule has 0 aromatic heterocycles. The molecule has 3 aromatic carbocycles. The third-order valence-corrected chi connectivity index (χ3v) is 7.40. The molecular formula is C25H27ClN2O5S. The molecule has 0 aliphatic carbocycles. The van der Waals surface area contributed by atoms with Crippen LogP contribution in [0.5, 0.6) is 11.5 Å². The molecule has 180 valence electrons. The van der Waals surface area contributed by atoms with Gasteiger partial charge in [-0.3, -0.25) is 9.10 Å². The van der Waals surface area contributed by atoms with Crippen LogP contribution in [-0.2, 0) is 21.4 Å². The highest BCUT2D eigenvalue weighted by atomic mass is 35.5. The summed E-state index contributed by atoms with van der Waals surface area (Å²) in [5.74, 6) is 0.740. The topological polar surface area (TPSA) is 76.2 Å².